The molecule has 0 saturated heterocycles. The minimum Gasteiger partial charge on any atom is -0.503 e. The van der Waals surface area contributed by atoms with E-state index >= 15 is 0 Å². The van der Waals surface area contributed by atoms with Crippen molar-refractivity contribution in [3.63, 3.8) is 0 Å². The molecule has 2 N–H and O–H groups in total. The molecular formula is C24H16N4O8S. The average molecular weight is 520 g/mol. The van der Waals surface area contributed by atoms with Crippen LogP contribution in [-0.2, 0) is 0 Å². The molecule has 0 fully saturated rings. The first-order chi connectivity index (χ1) is 17.6. The van der Waals surface area contributed by atoms with E-state index in [4.69, 9.17) is 4.42 Å². The quantitative estimate of drug-likeness (QED) is 0.168. The maximum Gasteiger partial charge on any atom is 0.270 e. The predicted molar refractivity (Wildman–Crippen MR) is 133 cm³/mol. The number of thiazole rings is 1. The Bertz CT molecular complexity index is 1760. The summed E-state index contributed by atoms with van der Waals surface area (Å²) < 4.78 is 6.97. The Kier molecular flexibility index (Phi) is 5.48. The molecule has 0 radical (unpaired) electrons. The molecule has 37 heavy (non-hydrogen) atoms. The lowest BCUT2D eigenvalue weighted by molar-refractivity contribution is -0.384. The molecule has 0 amide bonds. The molecule has 13 heteroatoms. The predicted octanol–water partition coefficient (Wildman–Crippen LogP) is 5.42. The van der Waals surface area contributed by atoms with E-state index in [-0.39, 0.29) is 44.7 Å². The van der Waals surface area contributed by atoms with Crippen molar-refractivity contribution in [1.29, 1.82) is 0 Å². The number of aromatic nitrogens is 2. The standard InChI is InChI=1S/C24H16N4O8S/c1-11-8-16(12(2)36-11)21(29)19-20(13-4-3-5-14(9-13)27(32)33)26(23(31)22(19)30)24-25-17-7-6-15(28(34)35)10-18(17)37-24/h3-10,30-31H,1-2H3. The van der Waals surface area contributed by atoms with Gasteiger partial charge >= 0.3 is 0 Å². The van der Waals surface area contributed by atoms with Gasteiger partial charge in [-0.3, -0.25) is 29.6 Å². The number of hydrogen-bond donors (Lipinski definition) is 2. The van der Waals surface area contributed by atoms with E-state index < -0.39 is 27.3 Å². The molecule has 0 saturated carbocycles. The summed E-state index contributed by atoms with van der Waals surface area (Å²) in [5.74, 6) is -1.43. The molecule has 0 atom stereocenters. The molecule has 3 heterocycles. The van der Waals surface area contributed by atoms with Crippen LogP contribution in [0.3, 0.4) is 0 Å². The third-order valence-electron chi connectivity index (χ3n) is 5.73. The third kappa shape index (κ3) is 3.87. The van der Waals surface area contributed by atoms with Crippen LogP contribution in [0.4, 0.5) is 11.4 Å². The van der Waals surface area contributed by atoms with Gasteiger partial charge in [0.1, 0.15) is 11.5 Å². The van der Waals surface area contributed by atoms with Gasteiger partial charge in [0.25, 0.3) is 11.4 Å². The second kappa shape index (κ2) is 8.57. The highest BCUT2D eigenvalue weighted by Gasteiger charge is 2.33. The molecule has 0 unspecified atom stereocenters. The average Bonchev–Trinajstić information content (AvgIpc) is 3.51. The molecule has 186 valence electrons. The van der Waals surface area contributed by atoms with E-state index in [1.807, 2.05) is 0 Å². The zero-order valence-electron chi connectivity index (χ0n) is 19.2. The first kappa shape index (κ1) is 23.7. The highest BCUT2D eigenvalue weighted by atomic mass is 32.1. The summed E-state index contributed by atoms with van der Waals surface area (Å²) in [6, 6.07) is 10.9. The number of aromatic hydroxyl groups is 2. The number of carbonyl (C=O) groups is 1. The van der Waals surface area contributed by atoms with E-state index in [1.165, 1.54) is 48.5 Å². The number of ketones is 1. The maximum atomic E-state index is 13.6. The number of aryl methyl sites for hydroxylation is 2. The van der Waals surface area contributed by atoms with Gasteiger partial charge in [-0.15, -0.1) is 0 Å². The first-order valence-electron chi connectivity index (χ1n) is 10.7. The van der Waals surface area contributed by atoms with Crippen molar-refractivity contribution in [2.45, 2.75) is 13.8 Å². The number of nitrogens with zero attached hydrogens (tertiary/aromatic N) is 4. The molecule has 3 aromatic heterocycles. The van der Waals surface area contributed by atoms with Crippen molar-refractivity contribution in [1.82, 2.24) is 9.55 Å². The number of nitro groups is 2. The van der Waals surface area contributed by atoms with Crippen LogP contribution in [0.5, 0.6) is 11.6 Å². The third-order valence-corrected chi connectivity index (χ3v) is 6.73. The van der Waals surface area contributed by atoms with Crippen LogP contribution in [0.1, 0.15) is 27.4 Å². The summed E-state index contributed by atoms with van der Waals surface area (Å²) in [5.41, 5.74) is -0.145. The zero-order valence-corrected chi connectivity index (χ0v) is 20.0. The Morgan fingerprint density at radius 3 is 2.38 bits per heavy atom. The fraction of sp³-hybridized carbons (Fsp3) is 0.0833. The number of rotatable bonds is 6. The van der Waals surface area contributed by atoms with Crippen LogP contribution in [0.25, 0.3) is 26.6 Å². The van der Waals surface area contributed by atoms with E-state index in [9.17, 15) is 35.2 Å². The highest BCUT2D eigenvalue weighted by molar-refractivity contribution is 7.20. The zero-order chi connectivity index (χ0) is 26.6. The smallest absolute Gasteiger partial charge is 0.270 e. The summed E-state index contributed by atoms with van der Waals surface area (Å²) in [6.45, 7) is 3.22. The SMILES string of the molecule is Cc1cc(C(=O)c2c(O)c(O)n(-c3nc4ccc([N+](=O)[O-])cc4s3)c2-c2cccc([N+](=O)[O-])c2)c(C)o1. The number of hydrogen-bond acceptors (Lipinski definition) is 10. The Morgan fingerprint density at radius 2 is 1.73 bits per heavy atom. The molecule has 0 spiro atoms. The topological polar surface area (TPSA) is 175 Å². The van der Waals surface area contributed by atoms with E-state index in [0.29, 0.717) is 16.0 Å². The number of carbonyl (C=O) groups excluding carboxylic acids is 1. The number of nitro benzene ring substituents is 2. The van der Waals surface area contributed by atoms with Gasteiger partial charge in [0.2, 0.25) is 11.7 Å². The Balaban J connectivity index is 1.82. The molecule has 0 aliphatic heterocycles. The van der Waals surface area contributed by atoms with E-state index in [1.54, 1.807) is 13.8 Å². The van der Waals surface area contributed by atoms with E-state index in [0.717, 1.165) is 15.9 Å². The highest BCUT2D eigenvalue weighted by Crippen LogP contribution is 2.46. The van der Waals surface area contributed by atoms with Crippen molar-refractivity contribution in [2.24, 2.45) is 0 Å². The number of non-ortho nitro benzene ring substituents is 2. The van der Waals surface area contributed by atoms with Crippen molar-refractivity contribution >= 4 is 38.7 Å². The molecule has 0 aliphatic rings. The lowest BCUT2D eigenvalue weighted by Crippen LogP contribution is -2.05. The van der Waals surface area contributed by atoms with Gasteiger partial charge < -0.3 is 14.6 Å². The molecule has 5 rings (SSSR count). The van der Waals surface area contributed by atoms with Crippen molar-refractivity contribution < 1.29 is 29.3 Å². The Labute approximate surface area is 211 Å². The maximum absolute atomic E-state index is 13.6. The summed E-state index contributed by atoms with van der Waals surface area (Å²) in [7, 11) is 0. The second-order valence-corrected chi connectivity index (χ2v) is 9.11. The van der Waals surface area contributed by atoms with Gasteiger partial charge in [0.15, 0.2) is 10.9 Å². The van der Waals surface area contributed by atoms with Gasteiger partial charge in [-0.1, -0.05) is 23.5 Å². The van der Waals surface area contributed by atoms with Gasteiger partial charge in [0, 0.05) is 29.8 Å². The molecule has 5 aromatic rings. The van der Waals surface area contributed by atoms with Crippen LogP contribution in [0.15, 0.2) is 52.9 Å². The lowest BCUT2D eigenvalue weighted by Gasteiger charge is -2.09. The second-order valence-electron chi connectivity index (χ2n) is 8.10. The number of furan rings is 1. The fourth-order valence-electron chi connectivity index (χ4n) is 4.09. The minimum absolute atomic E-state index is 0.0458. The fourth-order valence-corrected chi connectivity index (χ4v) is 5.10. The van der Waals surface area contributed by atoms with Crippen molar-refractivity contribution in [2.75, 3.05) is 0 Å². The molecule has 2 aromatic carbocycles. The summed E-state index contributed by atoms with van der Waals surface area (Å²) in [5, 5.41) is 44.7. The number of fused-ring (bicyclic) bond motifs is 1. The lowest BCUT2D eigenvalue weighted by atomic mass is 9.99. The Morgan fingerprint density at radius 1 is 1.03 bits per heavy atom. The van der Waals surface area contributed by atoms with Crippen LogP contribution < -0.4 is 0 Å². The number of benzene rings is 2. The van der Waals surface area contributed by atoms with Gasteiger partial charge in [-0.2, -0.15) is 0 Å². The molecule has 12 nitrogen and oxygen atoms in total. The molecule has 0 bridgehead atoms. The molecule has 0 aliphatic carbocycles. The van der Waals surface area contributed by atoms with Crippen LogP contribution in [0, 0.1) is 34.1 Å². The van der Waals surface area contributed by atoms with Crippen molar-refractivity contribution in [3.8, 4) is 28.0 Å². The van der Waals surface area contributed by atoms with Gasteiger partial charge in [0.05, 0.1) is 36.9 Å². The largest absolute Gasteiger partial charge is 0.503 e. The summed E-state index contributed by atoms with van der Waals surface area (Å²) in [6.07, 6.45) is 0. The van der Waals surface area contributed by atoms with Crippen molar-refractivity contribution in [3.05, 3.63) is 91.4 Å². The first-order valence-corrected chi connectivity index (χ1v) is 11.5. The monoisotopic (exact) mass is 520 g/mol. The normalized spacial score (nSPS) is 11.2. The van der Waals surface area contributed by atoms with Gasteiger partial charge in [-0.05, 0) is 26.0 Å². The minimum atomic E-state index is -0.755. The Hall–Kier alpha value is -5.04. The van der Waals surface area contributed by atoms with Crippen LogP contribution in [-0.4, -0.2) is 35.4 Å². The molecular weight excluding hydrogens is 504 g/mol. The van der Waals surface area contributed by atoms with Gasteiger partial charge in [-0.25, -0.2) is 4.98 Å². The summed E-state index contributed by atoms with van der Waals surface area (Å²) in [4.78, 5) is 39.5. The van der Waals surface area contributed by atoms with Crippen LogP contribution >= 0.6 is 11.3 Å². The summed E-state index contributed by atoms with van der Waals surface area (Å²) >= 11 is 0.965. The van der Waals surface area contributed by atoms with E-state index in [2.05, 4.69) is 4.98 Å². The van der Waals surface area contributed by atoms with Crippen LogP contribution in [0.2, 0.25) is 0 Å².